The molecule has 0 radical (unpaired) electrons. The molecule has 3 rings (SSSR count). The average Bonchev–Trinajstić information content (AvgIpc) is 3.46. The molecular weight excluding hydrogens is 332 g/mol. The molecular formula is C20H24N2O4. The quantitative estimate of drug-likeness (QED) is 0.799. The van der Waals surface area contributed by atoms with Crippen LogP contribution in [0.2, 0.25) is 0 Å². The Hall–Kier alpha value is -2.89. The second kappa shape index (κ2) is 7.56. The van der Waals surface area contributed by atoms with Crippen LogP contribution >= 0.6 is 0 Å². The molecule has 1 aliphatic carbocycles. The predicted octanol–water partition coefficient (Wildman–Crippen LogP) is 3.20. The van der Waals surface area contributed by atoms with Gasteiger partial charge in [0, 0.05) is 12.1 Å². The van der Waals surface area contributed by atoms with Gasteiger partial charge >= 0.3 is 6.03 Å². The molecule has 0 bridgehead atoms. The van der Waals surface area contributed by atoms with E-state index in [1.165, 1.54) is 0 Å². The summed E-state index contributed by atoms with van der Waals surface area (Å²) < 4.78 is 16.0. The van der Waals surface area contributed by atoms with Crippen LogP contribution < -0.4 is 24.8 Å². The highest BCUT2D eigenvalue weighted by atomic mass is 16.5. The fourth-order valence-electron chi connectivity index (χ4n) is 3.03. The number of methoxy groups -OCH3 is 3. The maximum atomic E-state index is 12.4. The molecule has 2 N–H and O–H groups in total. The van der Waals surface area contributed by atoms with E-state index in [0.29, 0.717) is 18.0 Å². The number of ether oxygens (including phenoxy) is 3. The van der Waals surface area contributed by atoms with Gasteiger partial charge in [-0.25, -0.2) is 4.79 Å². The van der Waals surface area contributed by atoms with Crippen molar-refractivity contribution in [2.75, 3.05) is 21.3 Å². The molecule has 1 fully saturated rings. The lowest BCUT2D eigenvalue weighted by atomic mass is 10.0. The molecule has 0 spiro atoms. The Labute approximate surface area is 153 Å². The highest BCUT2D eigenvalue weighted by Gasteiger charge is 2.46. The van der Waals surface area contributed by atoms with Crippen molar-refractivity contribution in [1.82, 2.24) is 10.6 Å². The molecule has 0 atom stereocenters. The van der Waals surface area contributed by atoms with E-state index in [0.717, 1.165) is 29.7 Å². The Kier molecular flexibility index (Phi) is 5.21. The van der Waals surface area contributed by atoms with Crippen molar-refractivity contribution >= 4 is 6.03 Å². The first-order valence-electron chi connectivity index (χ1n) is 8.52. The maximum absolute atomic E-state index is 12.4. The van der Waals surface area contributed by atoms with Crippen molar-refractivity contribution in [3.63, 3.8) is 0 Å². The van der Waals surface area contributed by atoms with E-state index < -0.39 is 0 Å². The standard InChI is InChI=1S/C20H24N2O4/c1-24-16-7-5-4-6-14(16)13-21-19(23)22-20(10-11-20)15-8-9-17(25-2)18(12-15)26-3/h4-9,12H,10-11,13H2,1-3H3,(H2,21,22,23). The van der Waals surface area contributed by atoms with Crippen molar-refractivity contribution in [2.24, 2.45) is 0 Å². The van der Waals surface area contributed by atoms with Gasteiger partial charge in [0.25, 0.3) is 0 Å². The summed E-state index contributed by atoms with van der Waals surface area (Å²) in [6.07, 6.45) is 1.79. The van der Waals surface area contributed by atoms with Gasteiger partial charge < -0.3 is 24.8 Å². The molecule has 1 saturated carbocycles. The Balaban J connectivity index is 1.65. The lowest BCUT2D eigenvalue weighted by Crippen LogP contribution is -2.42. The number of nitrogens with one attached hydrogen (secondary N) is 2. The van der Waals surface area contributed by atoms with Crippen LogP contribution in [-0.4, -0.2) is 27.4 Å². The zero-order valence-corrected chi connectivity index (χ0v) is 15.3. The highest BCUT2D eigenvalue weighted by molar-refractivity contribution is 5.76. The van der Waals surface area contributed by atoms with Crippen molar-refractivity contribution < 1.29 is 19.0 Å². The molecule has 0 heterocycles. The van der Waals surface area contributed by atoms with Crippen LogP contribution in [0.5, 0.6) is 17.2 Å². The number of benzene rings is 2. The predicted molar refractivity (Wildman–Crippen MR) is 98.8 cm³/mol. The van der Waals surface area contributed by atoms with Gasteiger partial charge in [0.1, 0.15) is 5.75 Å². The second-order valence-corrected chi connectivity index (χ2v) is 6.27. The summed E-state index contributed by atoms with van der Waals surface area (Å²) in [6.45, 7) is 0.401. The largest absolute Gasteiger partial charge is 0.496 e. The minimum Gasteiger partial charge on any atom is -0.496 e. The van der Waals surface area contributed by atoms with Gasteiger partial charge in [0.2, 0.25) is 0 Å². The molecule has 6 nitrogen and oxygen atoms in total. The van der Waals surface area contributed by atoms with Gasteiger partial charge in [-0.15, -0.1) is 0 Å². The smallest absolute Gasteiger partial charge is 0.315 e. The molecule has 2 amide bonds. The molecule has 1 aliphatic rings. The van der Waals surface area contributed by atoms with E-state index in [1.54, 1.807) is 21.3 Å². The summed E-state index contributed by atoms with van der Waals surface area (Å²) >= 11 is 0. The fraction of sp³-hybridized carbons (Fsp3) is 0.350. The maximum Gasteiger partial charge on any atom is 0.315 e. The summed E-state index contributed by atoms with van der Waals surface area (Å²) in [4.78, 5) is 12.4. The minimum absolute atomic E-state index is 0.205. The van der Waals surface area contributed by atoms with Gasteiger partial charge in [-0.2, -0.15) is 0 Å². The Morgan fingerprint density at radius 3 is 2.31 bits per heavy atom. The van der Waals surface area contributed by atoms with Crippen LogP contribution in [0.3, 0.4) is 0 Å². The number of rotatable bonds is 7. The van der Waals surface area contributed by atoms with Crippen LogP contribution in [-0.2, 0) is 12.1 Å². The molecule has 26 heavy (non-hydrogen) atoms. The van der Waals surface area contributed by atoms with E-state index >= 15 is 0 Å². The van der Waals surface area contributed by atoms with Crippen molar-refractivity contribution in [1.29, 1.82) is 0 Å². The SMILES string of the molecule is COc1ccccc1CNC(=O)NC1(c2ccc(OC)c(OC)c2)CC1. The lowest BCUT2D eigenvalue weighted by Gasteiger charge is -2.20. The van der Waals surface area contributed by atoms with Gasteiger partial charge in [0.05, 0.1) is 26.9 Å². The third-order valence-electron chi connectivity index (χ3n) is 4.67. The average molecular weight is 356 g/mol. The normalized spacial score (nSPS) is 14.3. The summed E-state index contributed by atoms with van der Waals surface area (Å²) in [7, 11) is 4.83. The number of urea groups is 1. The number of carbonyl (C=O) groups excluding carboxylic acids is 1. The topological polar surface area (TPSA) is 68.8 Å². The summed E-state index contributed by atoms with van der Waals surface area (Å²) in [5.74, 6) is 2.09. The zero-order chi connectivity index (χ0) is 18.6. The number of hydrogen-bond donors (Lipinski definition) is 2. The molecule has 0 aliphatic heterocycles. The van der Waals surface area contributed by atoms with E-state index in [4.69, 9.17) is 14.2 Å². The van der Waals surface area contributed by atoms with Gasteiger partial charge in [-0.05, 0) is 36.6 Å². The number of amides is 2. The van der Waals surface area contributed by atoms with E-state index in [1.807, 2.05) is 42.5 Å². The van der Waals surface area contributed by atoms with Crippen LogP contribution in [0.25, 0.3) is 0 Å². The van der Waals surface area contributed by atoms with Crippen LogP contribution in [0.4, 0.5) is 4.79 Å². The summed E-state index contributed by atoms with van der Waals surface area (Å²) in [5, 5.41) is 6.00. The highest BCUT2D eigenvalue weighted by Crippen LogP contribution is 2.47. The zero-order valence-electron chi connectivity index (χ0n) is 15.3. The first-order valence-corrected chi connectivity index (χ1v) is 8.52. The van der Waals surface area contributed by atoms with Crippen LogP contribution in [0.1, 0.15) is 24.0 Å². The first-order chi connectivity index (χ1) is 12.6. The van der Waals surface area contributed by atoms with E-state index in [-0.39, 0.29) is 11.6 Å². The Morgan fingerprint density at radius 1 is 0.962 bits per heavy atom. The molecule has 2 aromatic rings. The number of carbonyl (C=O) groups is 1. The van der Waals surface area contributed by atoms with Crippen LogP contribution in [0.15, 0.2) is 42.5 Å². The lowest BCUT2D eigenvalue weighted by molar-refractivity contribution is 0.235. The summed E-state index contributed by atoms with van der Waals surface area (Å²) in [6, 6.07) is 13.2. The fourth-order valence-corrected chi connectivity index (χ4v) is 3.03. The third kappa shape index (κ3) is 3.69. The minimum atomic E-state index is -0.343. The molecule has 2 aromatic carbocycles. The monoisotopic (exact) mass is 356 g/mol. The van der Waals surface area contributed by atoms with Gasteiger partial charge in [-0.1, -0.05) is 24.3 Å². The second-order valence-electron chi connectivity index (χ2n) is 6.27. The van der Waals surface area contributed by atoms with Crippen molar-refractivity contribution in [3.05, 3.63) is 53.6 Å². The Morgan fingerprint density at radius 2 is 1.65 bits per heavy atom. The number of hydrogen-bond acceptors (Lipinski definition) is 4. The molecule has 6 heteroatoms. The molecule has 0 aromatic heterocycles. The molecule has 0 saturated heterocycles. The van der Waals surface area contributed by atoms with Crippen LogP contribution in [0, 0.1) is 0 Å². The molecule has 0 unspecified atom stereocenters. The Bertz CT molecular complexity index is 787. The molecule has 138 valence electrons. The van der Waals surface area contributed by atoms with E-state index in [2.05, 4.69) is 10.6 Å². The summed E-state index contributed by atoms with van der Waals surface area (Å²) in [5.41, 5.74) is 1.61. The number of para-hydroxylation sites is 1. The van der Waals surface area contributed by atoms with Crippen molar-refractivity contribution in [2.45, 2.75) is 24.9 Å². The van der Waals surface area contributed by atoms with E-state index in [9.17, 15) is 4.79 Å². The van der Waals surface area contributed by atoms with Gasteiger partial charge in [-0.3, -0.25) is 0 Å². The van der Waals surface area contributed by atoms with Crippen molar-refractivity contribution in [3.8, 4) is 17.2 Å². The first kappa shape index (κ1) is 17.9. The third-order valence-corrected chi connectivity index (χ3v) is 4.67. The van der Waals surface area contributed by atoms with Gasteiger partial charge in [0.15, 0.2) is 11.5 Å².